The number of rotatable bonds is 0. The Morgan fingerprint density at radius 3 is 0.400 bits per heavy atom. The molecule has 0 heterocycles. The van der Waals surface area contributed by atoms with Crippen LogP contribution >= 0.6 is 0 Å². The van der Waals surface area contributed by atoms with Crippen molar-refractivity contribution in [3.05, 3.63) is 0 Å². The molecule has 0 bridgehead atoms. The van der Waals surface area contributed by atoms with Crippen LogP contribution in [-0.2, 0) is 0 Å². The van der Waals surface area contributed by atoms with Gasteiger partial charge in [-0.05, 0) is 0 Å². The normalized spacial score (nSPS) is 0. The molecule has 0 aromatic heterocycles. The van der Waals surface area contributed by atoms with Crippen LogP contribution in [0.3, 0.4) is 0 Å². The molecule has 40 valence electrons. The van der Waals surface area contributed by atoms with Gasteiger partial charge in [-0.1, -0.05) is 0 Å². The van der Waals surface area contributed by atoms with E-state index >= 15 is 0 Å². The van der Waals surface area contributed by atoms with Gasteiger partial charge >= 0.3 is 0 Å². The largest absolute Gasteiger partial charge is 0.269 e. The van der Waals surface area contributed by atoms with Crippen LogP contribution in [0.4, 0.5) is 18.8 Å². The second-order valence-corrected chi connectivity index (χ2v) is 0. The number of halogens is 4. The van der Waals surface area contributed by atoms with E-state index in [-0.39, 0.29) is 67.7 Å². The minimum absolute atomic E-state index is 0. The van der Waals surface area contributed by atoms with Crippen LogP contribution in [0.5, 0.6) is 0 Å². The molecule has 0 amide bonds. The Labute approximate surface area is 66.9 Å². The van der Waals surface area contributed by atoms with Gasteiger partial charge in [0.1, 0.15) is 0 Å². The summed E-state index contributed by atoms with van der Waals surface area (Å²) in [7, 11) is 0. The summed E-state index contributed by atoms with van der Waals surface area (Å²) < 4.78 is 0. The number of hydrogen-bond donors (Lipinski definition) is 0. The van der Waals surface area contributed by atoms with Crippen molar-refractivity contribution in [1.29, 1.82) is 0 Å². The van der Waals surface area contributed by atoms with Gasteiger partial charge in [-0.25, -0.2) is 0 Å². The molecular weight excluding hydrogens is 207 g/mol. The molecule has 0 aliphatic heterocycles. The molecule has 0 N–H and O–H groups in total. The van der Waals surface area contributed by atoms with E-state index in [9.17, 15) is 0 Å². The molecule has 0 saturated carbocycles. The van der Waals surface area contributed by atoms with E-state index in [1.54, 1.807) is 0 Å². The third kappa shape index (κ3) is 34.4. The average Bonchev–Trinajstić information content (AvgIpc) is 0. The van der Waals surface area contributed by atoms with Gasteiger partial charge in [0.25, 0.3) is 0 Å². The predicted octanol–water partition coefficient (Wildman–Crippen LogP) is 0.610. The summed E-state index contributed by atoms with van der Waals surface area (Å²) in [6.07, 6.45) is 0. The van der Waals surface area contributed by atoms with Gasteiger partial charge in [0.2, 0.25) is 0 Å². The van der Waals surface area contributed by atoms with Crippen molar-refractivity contribution in [1.82, 2.24) is 0 Å². The van der Waals surface area contributed by atoms with Crippen LogP contribution in [0.1, 0.15) is 0 Å². The van der Waals surface area contributed by atoms with Crippen molar-refractivity contribution >= 4 is 0 Å². The zero-order valence-corrected chi connectivity index (χ0v) is 4.00. The molecule has 0 fully saturated rings. The second kappa shape index (κ2) is 58.4. The Bertz CT molecular complexity index is 3.61. The van der Waals surface area contributed by atoms with Crippen molar-refractivity contribution in [2.24, 2.45) is 0 Å². The Kier molecular flexibility index (Phi) is 1230. The molecule has 0 aliphatic carbocycles. The standard InChI is InChI=1S/4FH.Xe/h4*1H;. The maximum atomic E-state index is 0. The first-order valence-electron chi connectivity index (χ1n) is 0. The van der Waals surface area contributed by atoms with E-state index < -0.39 is 0 Å². The van der Waals surface area contributed by atoms with Crippen LogP contribution in [0.15, 0.2) is 0 Å². The minimum atomic E-state index is 0. The fourth-order valence-corrected chi connectivity index (χ4v) is 0. The summed E-state index contributed by atoms with van der Waals surface area (Å²) in [5.41, 5.74) is 0. The molecule has 5 heavy (non-hydrogen) atoms. The fraction of sp³-hybridized carbons (Fsp3) is 0. The topological polar surface area (TPSA) is 0 Å². The second-order valence-electron chi connectivity index (χ2n) is 0. The summed E-state index contributed by atoms with van der Waals surface area (Å²) >= 11 is 0. The molecule has 0 atom stereocenters. The first-order chi connectivity index (χ1) is 0. The van der Waals surface area contributed by atoms with Crippen LogP contribution in [0, 0.1) is 48.9 Å². The van der Waals surface area contributed by atoms with E-state index in [1.165, 1.54) is 0 Å². The Balaban J connectivity index is 0. The van der Waals surface area contributed by atoms with Gasteiger partial charge in [0, 0.05) is 48.9 Å². The molecular formula is H4F4Xe. The Morgan fingerprint density at radius 2 is 0.400 bits per heavy atom. The SMILES string of the molecule is F.F.F.F.[Xe]. The van der Waals surface area contributed by atoms with Gasteiger partial charge in [-0.15, -0.1) is 0 Å². The summed E-state index contributed by atoms with van der Waals surface area (Å²) in [5, 5.41) is 0. The van der Waals surface area contributed by atoms with E-state index in [0.29, 0.717) is 0 Å². The monoisotopic (exact) mass is 212 g/mol. The molecule has 0 saturated heterocycles. The molecule has 0 aromatic carbocycles. The average molecular weight is 211 g/mol. The van der Waals surface area contributed by atoms with Gasteiger partial charge in [-0.2, -0.15) is 0 Å². The van der Waals surface area contributed by atoms with Crippen molar-refractivity contribution in [3.8, 4) is 0 Å². The number of hydrogen-bond acceptors (Lipinski definition) is 0. The zero-order valence-electron chi connectivity index (χ0n) is 1.99. The predicted molar refractivity (Wildman–Crippen MR) is 10.0 cm³/mol. The van der Waals surface area contributed by atoms with E-state index in [4.69, 9.17) is 0 Å². The van der Waals surface area contributed by atoms with Gasteiger partial charge in [0.05, 0.1) is 0 Å². The molecule has 0 aromatic rings. The maximum absolute atomic E-state index is 0. The van der Waals surface area contributed by atoms with E-state index in [0.717, 1.165) is 0 Å². The minimum Gasteiger partial charge on any atom is -0.269 e. The van der Waals surface area contributed by atoms with Crippen molar-refractivity contribution in [2.75, 3.05) is 0 Å². The Morgan fingerprint density at radius 1 is 0.400 bits per heavy atom. The summed E-state index contributed by atoms with van der Waals surface area (Å²) in [6.45, 7) is 0. The summed E-state index contributed by atoms with van der Waals surface area (Å²) in [5.74, 6) is 0. The first kappa shape index (κ1) is 106. The summed E-state index contributed by atoms with van der Waals surface area (Å²) in [4.78, 5) is 0. The molecule has 0 radical (unpaired) electrons. The van der Waals surface area contributed by atoms with Crippen molar-refractivity contribution in [2.45, 2.75) is 0 Å². The molecule has 5 heteroatoms. The van der Waals surface area contributed by atoms with Crippen molar-refractivity contribution in [3.63, 3.8) is 0 Å². The smallest absolute Gasteiger partial charge is 0 e. The van der Waals surface area contributed by atoms with Crippen LogP contribution in [0.2, 0.25) is 0 Å². The van der Waals surface area contributed by atoms with Crippen LogP contribution < -0.4 is 0 Å². The zero-order chi connectivity index (χ0) is 0. The third-order valence-electron chi connectivity index (χ3n) is 0. The van der Waals surface area contributed by atoms with Gasteiger partial charge < -0.3 is 0 Å². The van der Waals surface area contributed by atoms with Gasteiger partial charge in [0.15, 0.2) is 0 Å². The third-order valence-corrected chi connectivity index (χ3v) is 0. The molecule has 0 aliphatic rings. The molecule has 0 spiro atoms. The first-order valence-corrected chi connectivity index (χ1v) is 0. The van der Waals surface area contributed by atoms with E-state index in [1.807, 2.05) is 0 Å². The van der Waals surface area contributed by atoms with Crippen LogP contribution in [0.25, 0.3) is 0 Å². The fourth-order valence-electron chi connectivity index (χ4n) is 0. The van der Waals surface area contributed by atoms with Crippen LogP contribution in [-0.4, -0.2) is 0 Å². The quantitative estimate of drug-likeness (QED) is 0.515. The van der Waals surface area contributed by atoms with Gasteiger partial charge in [-0.3, -0.25) is 18.8 Å². The maximum Gasteiger partial charge on any atom is 0 e. The molecule has 0 unspecified atom stereocenters. The molecule has 0 rings (SSSR count). The van der Waals surface area contributed by atoms with E-state index in [2.05, 4.69) is 0 Å². The Hall–Kier alpha value is 1.29. The van der Waals surface area contributed by atoms with Crippen molar-refractivity contribution < 1.29 is 67.7 Å². The molecule has 0 nitrogen and oxygen atoms in total. The summed E-state index contributed by atoms with van der Waals surface area (Å²) in [6, 6.07) is 0.